The maximum absolute atomic E-state index is 12.4. The third-order valence-electron chi connectivity index (χ3n) is 1.78. The molecule has 0 aromatic carbocycles. The molecule has 0 aliphatic rings. The molecular formula is C8H9BrF2N2O. The smallest absolute Gasteiger partial charge is 0.267 e. The van der Waals surface area contributed by atoms with E-state index in [1.165, 1.54) is 6.07 Å². The summed E-state index contributed by atoms with van der Waals surface area (Å²) < 4.78 is 24.7. The lowest BCUT2D eigenvalue weighted by molar-refractivity contribution is 0.151. The van der Waals surface area contributed by atoms with Gasteiger partial charge < -0.3 is 10.8 Å². The van der Waals surface area contributed by atoms with Gasteiger partial charge in [0.15, 0.2) is 0 Å². The average molecular weight is 267 g/mol. The van der Waals surface area contributed by atoms with Crippen LogP contribution in [0.25, 0.3) is 0 Å². The third kappa shape index (κ3) is 2.19. The number of aliphatic hydroxyl groups excluding tert-OH is 1. The van der Waals surface area contributed by atoms with Crippen LogP contribution in [0.15, 0.2) is 6.07 Å². The van der Waals surface area contributed by atoms with E-state index in [-0.39, 0.29) is 18.0 Å². The minimum Gasteiger partial charge on any atom is -0.392 e. The molecule has 14 heavy (non-hydrogen) atoms. The zero-order valence-corrected chi connectivity index (χ0v) is 8.76. The molecule has 0 radical (unpaired) electrons. The zero-order chi connectivity index (χ0) is 10.7. The molecule has 1 rings (SSSR count). The molecule has 0 bridgehead atoms. The monoisotopic (exact) mass is 266 g/mol. The average Bonchev–Trinajstić information content (AvgIpc) is 2.16. The van der Waals surface area contributed by atoms with Crippen LogP contribution in [0.4, 0.5) is 14.6 Å². The van der Waals surface area contributed by atoms with Gasteiger partial charge in [-0.2, -0.15) is 0 Å². The third-order valence-corrected chi connectivity index (χ3v) is 2.31. The van der Waals surface area contributed by atoms with Crippen LogP contribution in [0.2, 0.25) is 0 Å². The number of aliphatic hydroxyl groups is 1. The van der Waals surface area contributed by atoms with Crippen molar-refractivity contribution in [1.82, 2.24) is 4.98 Å². The van der Waals surface area contributed by atoms with Crippen LogP contribution in [-0.2, 0) is 11.9 Å². The molecule has 78 valence electrons. The summed E-state index contributed by atoms with van der Waals surface area (Å²) in [5.74, 6) is -0.188. The van der Waals surface area contributed by atoms with Crippen LogP contribution in [0.3, 0.4) is 0 Å². The van der Waals surface area contributed by atoms with Gasteiger partial charge in [-0.1, -0.05) is 15.9 Å². The number of anilines is 1. The molecular weight excluding hydrogens is 258 g/mol. The van der Waals surface area contributed by atoms with Gasteiger partial charge in [0.25, 0.3) is 6.43 Å². The van der Waals surface area contributed by atoms with Crippen LogP contribution < -0.4 is 5.73 Å². The minimum atomic E-state index is -2.67. The second-order valence-electron chi connectivity index (χ2n) is 2.66. The van der Waals surface area contributed by atoms with Crippen molar-refractivity contribution in [3.63, 3.8) is 0 Å². The molecule has 0 aliphatic carbocycles. The molecule has 0 unspecified atom stereocenters. The van der Waals surface area contributed by atoms with Crippen molar-refractivity contribution >= 4 is 21.7 Å². The number of hydrogen-bond donors (Lipinski definition) is 2. The van der Waals surface area contributed by atoms with Gasteiger partial charge in [-0.05, 0) is 6.07 Å². The van der Waals surface area contributed by atoms with Crippen LogP contribution in [-0.4, -0.2) is 10.1 Å². The highest BCUT2D eigenvalue weighted by Crippen LogP contribution is 2.26. The fraction of sp³-hybridized carbons (Fsp3) is 0.375. The van der Waals surface area contributed by atoms with Gasteiger partial charge in [0.1, 0.15) is 5.82 Å². The van der Waals surface area contributed by atoms with Crippen LogP contribution >= 0.6 is 15.9 Å². The Kier molecular flexibility index (Phi) is 3.77. The van der Waals surface area contributed by atoms with E-state index in [4.69, 9.17) is 10.8 Å². The van der Waals surface area contributed by atoms with Gasteiger partial charge in [0, 0.05) is 10.9 Å². The van der Waals surface area contributed by atoms with Crippen LogP contribution in [0.1, 0.15) is 23.2 Å². The van der Waals surface area contributed by atoms with E-state index >= 15 is 0 Å². The molecule has 1 aromatic heterocycles. The van der Waals surface area contributed by atoms with Gasteiger partial charge in [0.05, 0.1) is 17.9 Å². The Hall–Kier alpha value is -0.750. The van der Waals surface area contributed by atoms with Gasteiger partial charge in [-0.15, -0.1) is 0 Å². The first-order valence-corrected chi connectivity index (χ1v) is 4.95. The Morgan fingerprint density at radius 1 is 1.57 bits per heavy atom. The second kappa shape index (κ2) is 4.65. The molecule has 0 saturated heterocycles. The molecule has 0 fully saturated rings. The molecule has 0 spiro atoms. The molecule has 0 amide bonds. The number of nitrogen functional groups attached to an aromatic ring is 1. The maximum atomic E-state index is 12.4. The predicted octanol–water partition coefficient (Wildman–Crippen LogP) is 1.99. The fourth-order valence-corrected chi connectivity index (χ4v) is 1.54. The van der Waals surface area contributed by atoms with Crippen LogP contribution in [0, 0.1) is 0 Å². The Bertz CT molecular complexity index is 333. The van der Waals surface area contributed by atoms with Crippen molar-refractivity contribution in [2.45, 2.75) is 18.4 Å². The molecule has 3 nitrogen and oxygen atoms in total. The summed E-state index contributed by atoms with van der Waals surface area (Å²) in [4.78, 5) is 3.77. The summed E-state index contributed by atoms with van der Waals surface area (Å²) in [6.07, 6.45) is -2.67. The molecule has 0 aliphatic heterocycles. The SMILES string of the molecule is Nc1nc(CBr)c(CO)cc1C(F)F. The lowest BCUT2D eigenvalue weighted by Crippen LogP contribution is -2.05. The van der Waals surface area contributed by atoms with E-state index in [9.17, 15) is 8.78 Å². The Balaban J connectivity index is 3.23. The van der Waals surface area contributed by atoms with Crippen molar-refractivity contribution in [2.75, 3.05) is 5.73 Å². The molecule has 0 atom stereocenters. The summed E-state index contributed by atoms with van der Waals surface area (Å²) in [5.41, 5.74) is 5.84. The van der Waals surface area contributed by atoms with Gasteiger partial charge >= 0.3 is 0 Å². The Morgan fingerprint density at radius 2 is 2.21 bits per heavy atom. The van der Waals surface area contributed by atoms with Crippen molar-refractivity contribution in [3.8, 4) is 0 Å². The number of hydrogen-bond acceptors (Lipinski definition) is 3. The largest absolute Gasteiger partial charge is 0.392 e. The second-order valence-corrected chi connectivity index (χ2v) is 3.22. The summed E-state index contributed by atoms with van der Waals surface area (Å²) in [6.45, 7) is -0.325. The number of aromatic nitrogens is 1. The molecule has 1 heterocycles. The van der Waals surface area contributed by atoms with Crippen molar-refractivity contribution in [1.29, 1.82) is 0 Å². The quantitative estimate of drug-likeness (QED) is 0.823. The molecule has 6 heteroatoms. The number of nitrogens with zero attached hydrogens (tertiary/aromatic N) is 1. The lowest BCUT2D eigenvalue weighted by Gasteiger charge is -2.09. The summed E-state index contributed by atoms with van der Waals surface area (Å²) >= 11 is 3.13. The van der Waals surface area contributed by atoms with Crippen molar-refractivity contribution < 1.29 is 13.9 Å². The molecule has 3 N–H and O–H groups in total. The fourth-order valence-electron chi connectivity index (χ4n) is 1.05. The minimum absolute atomic E-state index is 0.188. The maximum Gasteiger partial charge on any atom is 0.267 e. The first-order chi connectivity index (χ1) is 6.60. The van der Waals surface area contributed by atoms with Gasteiger partial charge in [-0.3, -0.25) is 0 Å². The van der Waals surface area contributed by atoms with E-state index in [1.807, 2.05) is 0 Å². The summed E-state index contributed by atoms with van der Waals surface area (Å²) in [7, 11) is 0. The van der Waals surface area contributed by atoms with Gasteiger partial charge in [0.2, 0.25) is 0 Å². The topological polar surface area (TPSA) is 59.1 Å². The van der Waals surface area contributed by atoms with E-state index < -0.39 is 6.43 Å². The number of pyridine rings is 1. The highest BCUT2D eigenvalue weighted by molar-refractivity contribution is 9.08. The van der Waals surface area contributed by atoms with Gasteiger partial charge in [-0.25, -0.2) is 13.8 Å². The number of nitrogens with two attached hydrogens (primary N) is 1. The Morgan fingerprint density at radius 3 is 2.64 bits per heavy atom. The van der Waals surface area contributed by atoms with Crippen molar-refractivity contribution in [2.24, 2.45) is 0 Å². The lowest BCUT2D eigenvalue weighted by atomic mass is 10.1. The predicted molar refractivity (Wildman–Crippen MR) is 52.2 cm³/mol. The van der Waals surface area contributed by atoms with E-state index in [0.29, 0.717) is 16.6 Å². The highest BCUT2D eigenvalue weighted by Gasteiger charge is 2.15. The normalized spacial score (nSPS) is 10.9. The van der Waals surface area contributed by atoms with Crippen LogP contribution in [0.5, 0.6) is 0 Å². The standard InChI is InChI=1S/C8H9BrF2N2O/c9-2-6-4(3-14)1-5(7(10)11)8(12)13-6/h1,7,14H,2-3H2,(H2,12,13). The first kappa shape index (κ1) is 11.3. The highest BCUT2D eigenvalue weighted by atomic mass is 79.9. The number of rotatable bonds is 3. The number of alkyl halides is 3. The van der Waals surface area contributed by atoms with E-state index in [1.54, 1.807) is 0 Å². The van der Waals surface area contributed by atoms with Crippen molar-refractivity contribution in [3.05, 3.63) is 22.9 Å². The molecule has 0 saturated carbocycles. The number of halogens is 3. The zero-order valence-electron chi connectivity index (χ0n) is 7.17. The first-order valence-electron chi connectivity index (χ1n) is 3.83. The van der Waals surface area contributed by atoms with E-state index in [0.717, 1.165) is 0 Å². The van der Waals surface area contributed by atoms with E-state index in [2.05, 4.69) is 20.9 Å². The summed E-state index contributed by atoms with van der Waals surface area (Å²) in [6, 6.07) is 1.18. The molecule has 1 aromatic rings. The Labute approximate surface area is 88.1 Å². The summed E-state index contributed by atoms with van der Waals surface area (Å²) in [5, 5.41) is 9.27.